The molecule has 0 aromatic carbocycles. The molecule has 2 amide bonds. The van der Waals surface area contributed by atoms with E-state index >= 15 is 0 Å². The zero-order valence-corrected chi connectivity index (χ0v) is 16.8. The molecule has 1 aromatic rings. The summed E-state index contributed by atoms with van der Waals surface area (Å²) in [6.45, 7) is 3.93. The summed E-state index contributed by atoms with van der Waals surface area (Å²) in [6.07, 6.45) is 7.96. The average Bonchev–Trinajstić information content (AvgIpc) is 3.17. The van der Waals surface area contributed by atoms with E-state index in [1.165, 1.54) is 6.42 Å². The van der Waals surface area contributed by atoms with Crippen LogP contribution < -0.4 is 5.32 Å². The molecular formula is C21H30N4O4. The molecule has 1 aromatic heterocycles. The van der Waals surface area contributed by atoms with Gasteiger partial charge in [-0.1, -0.05) is 18.9 Å². The molecule has 1 N–H and O–H groups in total. The SMILES string of the molecule is O=C(CCN1CCOC1=O)N1CCO[C@]2(CCCC[C@@H]2NCc2cccnc2)C1. The van der Waals surface area contributed by atoms with Crippen LogP contribution in [0, 0.1) is 0 Å². The van der Waals surface area contributed by atoms with Crippen molar-refractivity contribution in [3.8, 4) is 0 Å². The molecule has 3 heterocycles. The van der Waals surface area contributed by atoms with E-state index in [2.05, 4.69) is 16.4 Å². The number of amides is 2. The highest BCUT2D eigenvalue weighted by atomic mass is 16.6. The second-order valence-corrected chi connectivity index (χ2v) is 8.12. The second-order valence-electron chi connectivity index (χ2n) is 8.12. The Labute approximate surface area is 171 Å². The number of nitrogens with one attached hydrogen (secondary N) is 1. The van der Waals surface area contributed by atoms with E-state index in [4.69, 9.17) is 9.47 Å². The number of pyridine rings is 1. The summed E-state index contributed by atoms with van der Waals surface area (Å²) >= 11 is 0. The summed E-state index contributed by atoms with van der Waals surface area (Å²) in [5, 5.41) is 3.67. The Morgan fingerprint density at radius 2 is 2.24 bits per heavy atom. The lowest BCUT2D eigenvalue weighted by atomic mass is 9.78. The van der Waals surface area contributed by atoms with Crippen molar-refractivity contribution in [2.45, 2.75) is 50.3 Å². The van der Waals surface area contributed by atoms with Gasteiger partial charge in [0.25, 0.3) is 0 Å². The lowest BCUT2D eigenvalue weighted by Crippen LogP contribution is -2.64. The van der Waals surface area contributed by atoms with Crippen molar-refractivity contribution in [3.63, 3.8) is 0 Å². The van der Waals surface area contributed by atoms with Crippen LogP contribution in [0.1, 0.15) is 37.7 Å². The van der Waals surface area contributed by atoms with Gasteiger partial charge in [0.05, 0.1) is 19.7 Å². The minimum Gasteiger partial charge on any atom is -0.448 e. The minimum absolute atomic E-state index is 0.0870. The standard InChI is InChI=1S/C21H30N4O4/c26-19(6-9-24-10-12-28-20(24)27)25-11-13-29-21(16-25)7-2-1-5-18(21)23-15-17-4-3-8-22-14-17/h3-4,8,14,18,23H,1-2,5-7,9-13,15-16H2/t18-,21+/m0/s1. The summed E-state index contributed by atoms with van der Waals surface area (Å²) in [4.78, 5) is 32.1. The number of cyclic esters (lactones) is 1. The number of hydrogen-bond acceptors (Lipinski definition) is 6. The van der Waals surface area contributed by atoms with Crippen molar-refractivity contribution in [1.29, 1.82) is 0 Å². The number of carbonyl (C=O) groups is 2. The van der Waals surface area contributed by atoms with Crippen LogP contribution >= 0.6 is 0 Å². The van der Waals surface area contributed by atoms with Gasteiger partial charge in [0.2, 0.25) is 5.91 Å². The van der Waals surface area contributed by atoms with Crippen molar-refractivity contribution >= 4 is 12.0 Å². The van der Waals surface area contributed by atoms with Crippen molar-refractivity contribution < 1.29 is 19.1 Å². The zero-order valence-electron chi connectivity index (χ0n) is 16.8. The molecule has 3 fully saturated rings. The molecular weight excluding hydrogens is 372 g/mol. The quantitative estimate of drug-likeness (QED) is 0.777. The van der Waals surface area contributed by atoms with Gasteiger partial charge in [-0.25, -0.2) is 4.79 Å². The highest BCUT2D eigenvalue weighted by Gasteiger charge is 2.45. The van der Waals surface area contributed by atoms with E-state index in [1.807, 2.05) is 17.2 Å². The first-order valence-corrected chi connectivity index (χ1v) is 10.6. The lowest BCUT2D eigenvalue weighted by molar-refractivity contribution is -0.163. The zero-order chi connectivity index (χ0) is 20.1. The second kappa shape index (κ2) is 9.09. The maximum absolute atomic E-state index is 12.8. The highest BCUT2D eigenvalue weighted by Crippen LogP contribution is 2.35. The van der Waals surface area contributed by atoms with Crippen LogP contribution in [0.2, 0.25) is 0 Å². The first kappa shape index (κ1) is 20.1. The fourth-order valence-electron chi connectivity index (χ4n) is 4.64. The monoisotopic (exact) mass is 402 g/mol. The van der Waals surface area contributed by atoms with Gasteiger partial charge in [0.1, 0.15) is 12.2 Å². The molecule has 1 saturated carbocycles. The molecule has 2 aliphatic heterocycles. The largest absolute Gasteiger partial charge is 0.448 e. The van der Waals surface area contributed by atoms with Gasteiger partial charge in [0, 0.05) is 44.5 Å². The molecule has 2 atom stereocenters. The fourth-order valence-corrected chi connectivity index (χ4v) is 4.64. The van der Waals surface area contributed by atoms with Crippen LogP contribution in [0.25, 0.3) is 0 Å². The molecule has 1 spiro atoms. The molecule has 8 nitrogen and oxygen atoms in total. The van der Waals surface area contributed by atoms with Crippen LogP contribution in [0.5, 0.6) is 0 Å². The van der Waals surface area contributed by atoms with E-state index in [9.17, 15) is 9.59 Å². The third-order valence-electron chi connectivity index (χ3n) is 6.26. The van der Waals surface area contributed by atoms with Gasteiger partial charge >= 0.3 is 6.09 Å². The maximum Gasteiger partial charge on any atom is 0.409 e. The van der Waals surface area contributed by atoms with Crippen LogP contribution in [0.4, 0.5) is 4.79 Å². The maximum atomic E-state index is 12.8. The van der Waals surface area contributed by atoms with E-state index in [0.717, 1.165) is 31.4 Å². The Kier molecular flexibility index (Phi) is 6.30. The van der Waals surface area contributed by atoms with Gasteiger partial charge in [-0.15, -0.1) is 0 Å². The molecule has 158 valence electrons. The van der Waals surface area contributed by atoms with Crippen LogP contribution in [0.15, 0.2) is 24.5 Å². The first-order chi connectivity index (χ1) is 14.2. The van der Waals surface area contributed by atoms with E-state index in [-0.39, 0.29) is 23.6 Å². The molecule has 3 aliphatic rings. The van der Waals surface area contributed by atoms with Gasteiger partial charge < -0.3 is 24.6 Å². The fraction of sp³-hybridized carbons (Fsp3) is 0.667. The third kappa shape index (κ3) is 4.70. The normalized spacial score (nSPS) is 27.3. The molecule has 4 rings (SSSR count). The number of aromatic nitrogens is 1. The molecule has 0 bridgehead atoms. The van der Waals surface area contributed by atoms with Crippen LogP contribution in [-0.4, -0.2) is 77.8 Å². The lowest BCUT2D eigenvalue weighted by Gasteiger charge is -2.50. The summed E-state index contributed by atoms with van der Waals surface area (Å²) in [7, 11) is 0. The Morgan fingerprint density at radius 1 is 1.31 bits per heavy atom. The van der Waals surface area contributed by atoms with E-state index in [0.29, 0.717) is 45.8 Å². The van der Waals surface area contributed by atoms with E-state index in [1.54, 1.807) is 11.1 Å². The van der Waals surface area contributed by atoms with Crippen molar-refractivity contribution in [3.05, 3.63) is 30.1 Å². The summed E-state index contributed by atoms with van der Waals surface area (Å²) in [6, 6.07) is 4.22. The predicted molar refractivity (Wildman–Crippen MR) is 106 cm³/mol. The molecule has 2 saturated heterocycles. The Hall–Kier alpha value is -2.19. The first-order valence-electron chi connectivity index (χ1n) is 10.6. The number of carbonyl (C=O) groups excluding carboxylic acids is 2. The third-order valence-corrected chi connectivity index (χ3v) is 6.26. The van der Waals surface area contributed by atoms with Crippen molar-refractivity contribution in [1.82, 2.24) is 20.1 Å². The van der Waals surface area contributed by atoms with E-state index < -0.39 is 0 Å². The highest BCUT2D eigenvalue weighted by molar-refractivity contribution is 5.77. The Balaban J connectivity index is 1.36. The number of morpholine rings is 1. The van der Waals surface area contributed by atoms with Crippen molar-refractivity contribution in [2.24, 2.45) is 0 Å². The summed E-state index contributed by atoms with van der Waals surface area (Å²) < 4.78 is 11.3. The molecule has 1 aliphatic carbocycles. The topological polar surface area (TPSA) is 84.0 Å². The van der Waals surface area contributed by atoms with Crippen molar-refractivity contribution in [2.75, 3.05) is 39.4 Å². The van der Waals surface area contributed by atoms with Gasteiger partial charge in [0.15, 0.2) is 0 Å². The number of ether oxygens (including phenoxy) is 2. The van der Waals surface area contributed by atoms with Gasteiger partial charge in [-0.2, -0.15) is 0 Å². The molecule has 8 heteroatoms. The van der Waals surface area contributed by atoms with Gasteiger partial charge in [-0.05, 0) is 24.5 Å². The van der Waals surface area contributed by atoms with Gasteiger partial charge in [-0.3, -0.25) is 9.78 Å². The Morgan fingerprint density at radius 3 is 3.03 bits per heavy atom. The van der Waals surface area contributed by atoms with Crippen LogP contribution in [0.3, 0.4) is 0 Å². The van der Waals surface area contributed by atoms with Crippen LogP contribution in [-0.2, 0) is 20.8 Å². The Bertz CT molecular complexity index is 712. The average molecular weight is 402 g/mol. The smallest absolute Gasteiger partial charge is 0.409 e. The molecule has 29 heavy (non-hydrogen) atoms. The summed E-state index contributed by atoms with van der Waals surface area (Å²) in [5.74, 6) is 0.0870. The molecule has 0 radical (unpaired) electrons. The molecule has 0 unspecified atom stereocenters. The number of hydrogen-bond donors (Lipinski definition) is 1. The number of rotatable bonds is 6. The summed E-state index contributed by atoms with van der Waals surface area (Å²) in [5.41, 5.74) is 0.815. The number of nitrogens with zero attached hydrogens (tertiary/aromatic N) is 3. The minimum atomic E-state index is -0.332. The predicted octanol–water partition coefficient (Wildman–Crippen LogP) is 1.55.